The van der Waals surface area contributed by atoms with Crippen molar-refractivity contribution in [1.82, 2.24) is 4.98 Å². The fourth-order valence-electron chi connectivity index (χ4n) is 0.952. The van der Waals surface area contributed by atoms with E-state index in [0.29, 0.717) is 0 Å². The SMILES string of the molecule is C=C(C)c1ccncc1C. The lowest BCUT2D eigenvalue weighted by Gasteiger charge is -2.01. The van der Waals surface area contributed by atoms with Gasteiger partial charge in [0.2, 0.25) is 0 Å². The Bertz CT molecular complexity index is 251. The van der Waals surface area contributed by atoms with Crippen molar-refractivity contribution in [2.24, 2.45) is 0 Å². The Morgan fingerprint density at radius 2 is 2.30 bits per heavy atom. The Balaban J connectivity index is 3.15. The number of aryl methyl sites for hydroxylation is 1. The van der Waals surface area contributed by atoms with Crippen molar-refractivity contribution in [3.05, 3.63) is 36.2 Å². The summed E-state index contributed by atoms with van der Waals surface area (Å²) in [5, 5.41) is 0. The number of aromatic nitrogens is 1. The molecule has 52 valence electrons. The molecule has 0 aliphatic rings. The maximum Gasteiger partial charge on any atom is 0.0303 e. The molecule has 1 aromatic rings. The summed E-state index contributed by atoms with van der Waals surface area (Å²) >= 11 is 0. The predicted octanol–water partition coefficient (Wildman–Crippen LogP) is 2.42. The zero-order valence-electron chi connectivity index (χ0n) is 6.39. The molecule has 0 atom stereocenters. The molecule has 1 aromatic heterocycles. The summed E-state index contributed by atoms with van der Waals surface area (Å²) in [6, 6.07) is 1.98. The average Bonchev–Trinajstić information content (AvgIpc) is 1.88. The zero-order chi connectivity index (χ0) is 7.56. The minimum atomic E-state index is 1.10. The maximum atomic E-state index is 3.99. The molecule has 1 rings (SSSR count). The summed E-state index contributed by atoms with van der Waals surface area (Å²) in [5.41, 5.74) is 3.49. The minimum Gasteiger partial charge on any atom is -0.264 e. The molecule has 0 spiro atoms. The highest BCUT2D eigenvalue weighted by Gasteiger charge is 1.95. The monoisotopic (exact) mass is 133 g/mol. The molecular formula is C9H11N. The van der Waals surface area contributed by atoms with E-state index in [4.69, 9.17) is 0 Å². The molecule has 0 aliphatic heterocycles. The quantitative estimate of drug-likeness (QED) is 0.573. The largest absolute Gasteiger partial charge is 0.264 e. The predicted molar refractivity (Wildman–Crippen MR) is 43.7 cm³/mol. The molecule has 0 unspecified atom stereocenters. The molecule has 10 heavy (non-hydrogen) atoms. The first kappa shape index (κ1) is 7.00. The summed E-state index contributed by atoms with van der Waals surface area (Å²) in [4.78, 5) is 3.99. The Morgan fingerprint density at radius 3 is 2.70 bits per heavy atom. The summed E-state index contributed by atoms with van der Waals surface area (Å²) in [6.45, 7) is 7.90. The molecule has 0 saturated heterocycles. The first-order valence-electron chi connectivity index (χ1n) is 3.28. The fourth-order valence-corrected chi connectivity index (χ4v) is 0.952. The van der Waals surface area contributed by atoms with E-state index in [1.165, 1.54) is 11.1 Å². The second kappa shape index (κ2) is 2.65. The number of nitrogens with zero attached hydrogens (tertiary/aromatic N) is 1. The molecular weight excluding hydrogens is 122 g/mol. The van der Waals surface area contributed by atoms with Gasteiger partial charge in [-0.05, 0) is 31.0 Å². The lowest BCUT2D eigenvalue weighted by molar-refractivity contribution is 1.25. The third kappa shape index (κ3) is 1.24. The van der Waals surface area contributed by atoms with Crippen LogP contribution in [0.25, 0.3) is 5.57 Å². The van der Waals surface area contributed by atoms with Gasteiger partial charge >= 0.3 is 0 Å². The van der Waals surface area contributed by atoms with Crippen molar-refractivity contribution in [3.63, 3.8) is 0 Å². The van der Waals surface area contributed by atoms with Crippen LogP contribution in [0.15, 0.2) is 25.0 Å². The highest BCUT2D eigenvalue weighted by atomic mass is 14.6. The smallest absolute Gasteiger partial charge is 0.0303 e. The molecule has 0 amide bonds. The van der Waals surface area contributed by atoms with Crippen molar-refractivity contribution in [3.8, 4) is 0 Å². The lowest BCUT2D eigenvalue weighted by atomic mass is 10.1. The Kier molecular flexibility index (Phi) is 1.86. The first-order chi connectivity index (χ1) is 4.72. The van der Waals surface area contributed by atoms with Crippen LogP contribution < -0.4 is 0 Å². The molecule has 0 saturated carbocycles. The molecule has 0 aromatic carbocycles. The fraction of sp³-hybridized carbons (Fsp3) is 0.222. The van der Waals surface area contributed by atoms with Gasteiger partial charge in [0, 0.05) is 12.4 Å². The van der Waals surface area contributed by atoms with Crippen molar-refractivity contribution < 1.29 is 0 Å². The van der Waals surface area contributed by atoms with E-state index in [1.807, 2.05) is 26.1 Å². The standard InChI is InChI=1S/C9H11N/c1-7(2)9-4-5-10-6-8(9)3/h4-6H,1H2,2-3H3. The molecule has 1 heterocycles. The van der Waals surface area contributed by atoms with E-state index in [2.05, 4.69) is 11.6 Å². The number of pyridine rings is 1. The van der Waals surface area contributed by atoms with Gasteiger partial charge in [-0.25, -0.2) is 0 Å². The van der Waals surface area contributed by atoms with Crippen molar-refractivity contribution in [1.29, 1.82) is 0 Å². The van der Waals surface area contributed by atoms with E-state index < -0.39 is 0 Å². The zero-order valence-corrected chi connectivity index (χ0v) is 6.39. The Hall–Kier alpha value is -1.11. The molecule has 0 fully saturated rings. The van der Waals surface area contributed by atoms with Crippen LogP contribution in [0.3, 0.4) is 0 Å². The van der Waals surface area contributed by atoms with Gasteiger partial charge < -0.3 is 0 Å². The van der Waals surface area contributed by atoms with Gasteiger partial charge in [0.1, 0.15) is 0 Å². The van der Waals surface area contributed by atoms with Crippen molar-refractivity contribution in [2.75, 3.05) is 0 Å². The number of hydrogen-bond donors (Lipinski definition) is 0. The van der Waals surface area contributed by atoms with E-state index >= 15 is 0 Å². The van der Waals surface area contributed by atoms with E-state index in [0.717, 1.165) is 5.57 Å². The van der Waals surface area contributed by atoms with E-state index in [1.54, 1.807) is 6.20 Å². The molecule has 1 nitrogen and oxygen atoms in total. The number of hydrogen-bond acceptors (Lipinski definition) is 1. The number of allylic oxidation sites excluding steroid dienone is 1. The second-order valence-electron chi connectivity index (χ2n) is 2.47. The topological polar surface area (TPSA) is 12.9 Å². The van der Waals surface area contributed by atoms with Gasteiger partial charge in [0.05, 0.1) is 0 Å². The van der Waals surface area contributed by atoms with Gasteiger partial charge in [0.25, 0.3) is 0 Å². The molecule has 0 aliphatic carbocycles. The molecule has 0 N–H and O–H groups in total. The normalized spacial score (nSPS) is 9.40. The van der Waals surface area contributed by atoms with Crippen LogP contribution in [0.5, 0.6) is 0 Å². The summed E-state index contributed by atoms with van der Waals surface area (Å²) in [6.07, 6.45) is 3.64. The summed E-state index contributed by atoms with van der Waals surface area (Å²) in [7, 11) is 0. The highest BCUT2D eigenvalue weighted by molar-refractivity contribution is 5.63. The minimum absolute atomic E-state index is 1.10. The van der Waals surface area contributed by atoms with Crippen LogP contribution >= 0.6 is 0 Å². The van der Waals surface area contributed by atoms with E-state index in [-0.39, 0.29) is 0 Å². The van der Waals surface area contributed by atoms with Crippen LogP contribution in [0.4, 0.5) is 0 Å². The van der Waals surface area contributed by atoms with E-state index in [9.17, 15) is 0 Å². The van der Waals surface area contributed by atoms with Crippen molar-refractivity contribution in [2.45, 2.75) is 13.8 Å². The molecule has 1 heteroatoms. The Morgan fingerprint density at radius 1 is 1.60 bits per heavy atom. The van der Waals surface area contributed by atoms with Gasteiger partial charge in [-0.1, -0.05) is 12.2 Å². The summed E-state index contributed by atoms with van der Waals surface area (Å²) < 4.78 is 0. The molecule has 0 bridgehead atoms. The summed E-state index contributed by atoms with van der Waals surface area (Å²) in [5.74, 6) is 0. The van der Waals surface area contributed by atoms with Crippen LogP contribution in [0.1, 0.15) is 18.1 Å². The van der Waals surface area contributed by atoms with Crippen LogP contribution in [0, 0.1) is 6.92 Å². The van der Waals surface area contributed by atoms with Gasteiger partial charge in [-0.3, -0.25) is 4.98 Å². The second-order valence-corrected chi connectivity index (χ2v) is 2.47. The number of rotatable bonds is 1. The average molecular weight is 133 g/mol. The van der Waals surface area contributed by atoms with Gasteiger partial charge in [-0.2, -0.15) is 0 Å². The maximum absolute atomic E-state index is 3.99. The molecule has 0 radical (unpaired) electrons. The highest BCUT2D eigenvalue weighted by Crippen LogP contribution is 2.13. The third-order valence-corrected chi connectivity index (χ3v) is 1.48. The van der Waals surface area contributed by atoms with Gasteiger partial charge in [0.15, 0.2) is 0 Å². The first-order valence-corrected chi connectivity index (χ1v) is 3.28. The van der Waals surface area contributed by atoms with Crippen LogP contribution in [0.2, 0.25) is 0 Å². The third-order valence-electron chi connectivity index (χ3n) is 1.48. The van der Waals surface area contributed by atoms with Crippen LogP contribution in [-0.2, 0) is 0 Å². The Labute approximate surface area is 61.4 Å². The van der Waals surface area contributed by atoms with Gasteiger partial charge in [-0.15, -0.1) is 0 Å². The lowest BCUT2D eigenvalue weighted by Crippen LogP contribution is -1.84. The van der Waals surface area contributed by atoms with Crippen molar-refractivity contribution >= 4 is 5.57 Å². The van der Waals surface area contributed by atoms with Crippen LogP contribution in [-0.4, -0.2) is 4.98 Å².